The van der Waals surface area contributed by atoms with Crippen LogP contribution < -0.4 is 5.56 Å². The highest BCUT2D eigenvalue weighted by Crippen LogP contribution is 2.45. The Balaban J connectivity index is 1.41. The van der Waals surface area contributed by atoms with Crippen molar-refractivity contribution in [3.8, 4) is 0 Å². The molecule has 226 valence electrons. The number of pyridine rings is 1. The number of imidazole rings is 1. The Morgan fingerprint density at radius 1 is 0.702 bits per heavy atom. The van der Waals surface area contributed by atoms with Crippen molar-refractivity contribution in [3.05, 3.63) is 124 Å². The smallest absolute Gasteiger partial charge is 0.264 e. The van der Waals surface area contributed by atoms with Gasteiger partial charge in [0.05, 0.1) is 16.7 Å². The summed E-state index contributed by atoms with van der Waals surface area (Å²) in [6.45, 7) is 8.11. The minimum Gasteiger partial charge on any atom is -0.294 e. The van der Waals surface area contributed by atoms with Crippen molar-refractivity contribution in [2.75, 3.05) is 0 Å². The zero-order valence-corrected chi connectivity index (χ0v) is 26.7. The molecule has 1 atom stereocenters. The van der Waals surface area contributed by atoms with Crippen molar-refractivity contribution in [3.63, 3.8) is 0 Å². The molecule has 0 radical (unpaired) electrons. The van der Waals surface area contributed by atoms with E-state index in [-0.39, 0.29) is 11.3 Å². The molecule has 47 heavy (non-hydrogen) atoms. The number of carbonyl (C=O) groups excluding carboxylic acids is 1. The Bertz CT molecular complexity index is 2840. The van der Waals surface area contributed by atoms with Gasteiger partial charge in [0.15, 0.2) is 5.78 Å². The van der Waals surface area contributed by atoms with E-state index >= 15 is 0 Å². The van der Waals surface area contributed by atoms with E-state index in [2.05, 4.69) is 68.4 Å². The van der Waals surface area contributed by atoms with Gasteiger partial charge < -0.3 is 0 Å². The van der Waals surface area contributed by atoms with Crippen LogP contribution in [0.1, 0.15) is 61.5 Å². The van der Waals surface area contributed by atoms with Gasteiger partial charge in [0.2, 0.25) is 0 Å². The van der Waals surface area contributed by atoms with Crippen molar-refractivity contribution in [1.82, 2.24) is 9.38 Å². The molecule has 9 aromatic rings. The summed E-state index contributed by atoms with van der Waals surface area (Å²) in [5.41, 5.74) is 6.92. The van der Waals surface area contributed by atoms with Crippen LogP contribution in [0.4, 0.5) is 5.69 Å². The molecule has 9 rings (SSSR count). The first-order valence-electron chi connectivity index (χ1n) is 16.3. The minimum atomic E-state index is -0.0624. The van der Waals surface area contributed by atoms with Gasteiger partial charge in [-0.05, 0) is 94.4 Å². The lowest BCUT2D eigenvalue weighted by atomic mass is 9.84. The molecule has 5 nitrogen and oxygen atoms in total. The predicted octanol–water partition coefficient (Wildman–Crippen LogP) is 10.3. The number of aromatic nitrogens is 2. The minimum absolute atomic E-state index is 0.0169. The molecule has 0 unspecified atom stereocenters. The lowest BCUT2D eigenvalue weighted by Crippen LogP contribution is -2.13. The molecule has 0 aliphatic carbocycles. The fourth-order valence-electron chi connectivity index (χ4n) is 7.85. The summed E-state index contributed by atoms with van der Waals surface area (Å²) in [6, 6.07) is 32.8. The van der Waals surface area contributed by atoms with E-state index in [1.807, 2.05) is 49.4 Å². The van der Waals surface area contributed by atoms with Crippen molar-refractivity contribution in [2.45, 2.75) is 40.0 Å². The van der Waals surface area contributed by atoms with Crippen LogP contribution in [0, 0.1) is 0 Å². The van der Waals surface area contributed by atoms with Gasteiger partial charge in [0, 0.05) is 38.4 Å². The molecule has 0 bridgehead atoms. The molecule has 2 heterocycles. The zero-order valence-electron chi connectivity index (χ0n) is 26.7. The average Bonchev–Trinajstić information content (AvgIpc) is 3.49. The number of fused-ring (bicyclic) bond motifs is 6. The van der Waals surface area contributed by atoms with E-state index in [0.717, 1.165) is 82.9 Å². The van der Waals surface area contributed by atoms with Crippen molar-refractivity contribution >= 4 is 87.7 Å². The first-order chi connectivity index (χ1) is 22.9. The molecule has 0 N–H and O–H groups in total. The Labute approximate surface area is 270 Å². The molecule has 7 aromatic carbocycles. The number of aliphatic imine (C=N–C) groups is 1. The predicted molar refractivity (Wildman–Crippen MR) is 196 cm³/mol. The number of Topliss-reactive ketones (excluding diaryl/α,β-unsaturated/α-hetero) is 1. The van der Waals surface area contributed by atoms with Crippen LogP contribution in [0.25, 0.3) is 70.5 Å². The molecule has 2 aromatic heterocycles. The maximum Gasteiger partial charge on any atom is 0.264 e. The molecule has 0 aliphatic heterocycles. The van der Waals surface area contributed by atoms with Crippen molar-refractivity contribution in [2.24, 2.45) is 4.99 Å². The SMILES string of the molecule is CC[C@@H](C)c1ccccc1N=C(C)c1ccc2c3ccc4c5c(ccc(c6ccc(C(C)=O)c1c62)c35)c(=O)n1c2ccccc2nc41. The third-order valence-corrected chi connectivity index (χ3v) is 10.3. The van der Waals surface area contributed by atoms with Crippen molar-refractivity contribution in [1.29, 1.82) is 0 Å². The monoisotopic (exact) mass is 609 g/mol. The summed E-state index contributed by atoms with van der Waals surface area (Å²) in [4.78, 5) is 37.4. The molecule has 0 saturated carbocycles. The maximum atomic E-state index is 14.1. The van der Waals surface area contributed by atoms with E-state index in [1.54, 1.807) is 11.3 Å². The van der Waals surface area contributed by atoms with Gasteiger partial charge in [-0.3, -0.25) is 19.0 Å². The van der Waals surface area contributed by atoms with Crippen LogP contribution in [0.3, 0.4) is 0 Å². The number of nitrogens with zero attached hydrogens (tertiary/aromatic N) is 3. The number of carbonyl (C=O) groups is 1. The summed E-state index contributed by atoms with van der Waals surface area (Å²) >= 11 is 0. The number of rotatable bonds is 5. The van der Waals surface area contributed by atoms with Crippen molar-refractivity contribution < 1.29 is 4.79 Å². The molecule has 0 amide bonds. The first kappa shape index (κ1) is 27.6. The van der Waals surface area contributed by atoms with Crippen LogP contribution in [0.5, 0.6) is 0 Å². The topological polar surface area (TPSA) is 63.8 Å². The average molecular weight is 610 g/mol. The molecule has 0 aliphatic rings. The van der Waals surface area contributed by atoms with Gasteiger partial charge >= 0.3 is 0 Å². The standard InChI is InChI=1S/C42H31N3O2/c1-5-22(2)25-10-6-7-11-34(25)43-23(3)26-14-16-28-30-18-20-32-40-33(42(47)45-36-13-9-8-12-35(36)44-41(32)45)21-19-31(39(30)40)29-17-15-27(24(4)46)37(26)38(28)29/h6-22H,5H2,1-4H3/t22-/m1/s1. The van der Waals surface area contributed by atoms with Crippen LogP contribution in [0.15, 0.2) is 107 Å². The molecular weight excluding hydrogens is 578 g/mol. The van der Waals surface area contributed by atoms with Crippen LogP contribution in [0.2, 0.25) is 0 Å². The molecule has 0 saturated heterocycles. The Kier molecular flexibility index (Phi) is 5.82. The summed E-state index contributed by atoms with van der Waals surface area (Å²) in [6.07, 6.45) is 1.03. The third kappa shape index (κ3) is 3.71. The fraction of sp³-hybridized carbons (Fsp3) is 0.143. The highest BCUT2D eigenvalue weighted by Gasteiger charge is 2.23. The lowest BCUT2D eigenvalue weighted by Gasteiger charge is -2.20. The van der Waals surface area contributed by atoms with E-state index < -0.39 is 0 Å². The Morgan fingerprint density at radius 3 is 2.00 bits per heavy atom. The zero-order chi connectivity index (χ0) is 32.1. The highest BCUT2D eigenvalue weighted by atomic mass is 16.1. The van der Waals surface area contributed by atoms with E-state index in [4.69, 9.17) is 9.98 Å². The van der Waals surface area contributed by atoms with Crippen LogP contribution in [-0.2, 0) is 0 Å². The number of ketones is 1. The quantitative estimate of drug-likeness (QED) is 0.0844. The van der Waals surface area contributed by atoms with E-state index in [0.29, 0.717) is 22.5 Å². The van der Waals surface area contributed by atoms with Gasteiger partial charge in [-0.2, -0.15) is 0 Å². The molecule has 5 heteroatoms. The summed E-state index contributed by atoms with van der Waals surface area (Å²) in [5, 5.41) is 9.81. The molecule has 0 fully saturated rings. The summed E-state index contributed by atoms with van der Waals surface area (Å²) in [7, 11) is 0. The number of hydrogen-bond donors (Lipinski definition) is 0. The number of hydrogen-bond acceptors (Lipinski definition) is 4. The van der Waals surface area contributed by atoms with Gasteiger partial charge in [0.25, 0.3) is 5.56 Å². The Hall–Kier alpha value is -5.68. The highest BCUT2D eigenvalue weighted by molar-refractivity contribution is 6.39. The van der Waals surface area contributed by atoms with Crippen LogP contribution in [-0.4, -0.2) is 20.9 Å². The second-order valence-electron chi connectivity index (χ2n) is 12.8. The largest absolute Gasteiger partial charge is 0.294 e. The third-order valence-electron chi connectivity index (χ3n) is 10.3. The van der Waals surface area contributed by atoms with Gasteiger partial charge in [-0.25, -0.2) is 4.98 Å². The first-order valence-corrected chi connectivity index (χ1v) is 16.3. The normalized spacial score (nSPS) is 13.4. The molecule has 0 spiro atoms. The number of benzene rings is 7. The second-order valence-corrected chi connectivity index (χ2v) is 12.8. The van der Waals surface area contributed by atoms with Gasteiger partial charge in [-0.1, -0.05) is 80.6 Å². The second kappa shape index (κ2) is 9.91. The number of para-hydroxylation sites is 3. The van der Waals surface area contributed by atoms with Gasteiger partial charge in [-0.15, -0.1) is 0 Å². The van der Waals surface area contributed by atoms with E-state index in [9.17, 15) is 9.59 Å². The molecular formula is C42H31N3O2. The van der Waals surface area contributed by atoms with E-state index in [1.165, 1.54) is 5.56 Å². The Morgan fingerprint density at radius 2 is 1.28 bits per heavy atom. The fourth-order valence-corrected chi connectivity index (χ4v) is 7.85. The maximum absolute atomic E-state index is 14.1. The summed E-state index contributed by atoms with van der Waals surface area (Å²) in [5.74, 6) is 0.400. The lowest BCUT2D eigenvalue weighted by molar-refractivity contribution is 0.101. The summed E-state index contributed by atoms with van der Waals surface area (Å²) < 4.78 is 1.75. The van der Waals surface area contributed by atoms with Gasteiger partial charge in [0.1, 0.15) is 5.65 Å². The van der Waals surface area contributed by atoms with Crippen LogP contribution >= 0.6 is 0 Å².